The molecule has 3 N–H and O–H groups in total. The second kappa shape index (κ2) is 5.27. The monoisotopic (exact) mass is 283 g/mol. The Morgan fingerprint density at radius 2 is 1.84 bits per heavy atom. The summed E-state index contributed by atoms with van der Waals surface area (Å²) >= 11 is 6.33. The van der Waals surface area contributed by atoms with Gasteiger partial charge in [-0.25, -0.2) is 0 Å². The van der Waals surface area contributed by atoms with E-state index in [2.05, 4.69) is 10.2 Å². The summed E-state index contributed by atoms with van der Waals surface area (Å²) in [4.78, 5) is 0. The SMILES string of the molecule is COc1cc(OC)c(OC)c(-c2cn[nH]c2N)c1Cl. The average molecular weight is 284 g/mol. The first-order chi connectivity index (χ1) is 9.13. The Morgan fingerprint density at radius 3 is 2.32 bits per heavy atom. The van der Waals surface area contributed by atoms with Crippen molar-refractivity contribution in [1.29, 1.82) is 0 Å². The third-order valence-electron chi connectivity index (χ3n) is 2.73. The van der Waals surface area contributed by atoms with Gasteiger partial charge in [-0.3, -0.25) is 5.10 Å². The number of methoxy groups -OCH3 is 3. The number of nitrogens with one attached hydrogen (secondary N) is 1. The number of benzene rings is 1. The molecule has 0 bridgehead atoms. The highest BCUT2D eigenvalue weighted by Gasteiger charge is 2.22. The number of aromatic amines is 1. The Bertz CT molecular complexity index is 598. The number of H-pyrrole nitrogens is 1. The Labute approximate surface area is 115 Å². The van der Waals surface area contributed by atoms with Crippen LogP contribution in [-0.2, 0) is 0 Å². The molecule has 2 rings (SSSR count). The van der Waals surface area contributed by atoms with Gasteiger partial charge >= 0.3 is 0 Å². The van der Waals surface area contributed by atoms with E-state index < -0.39 is 0 Å². The predicted octanol–water partition coefficient (Wildman–Crippen LogP) is 2.34. The quantitative estimate of drug-likeness (QED) is 0.900. The van der Waals surface area contributed by atoms with Crippen LogP contribution in [0.2, 0.25) is 5.02 Å². The summed E-state index contributed by atoms with van der Waals surface area (Å²) in [6.07, 6.45) is 1.57. The summed E-state index contributed by atoms with van der Waals surface area (Å²) in [5.74, 6) is 1.83. The lowest BCUT2D eigenvalue weighted by molar-refractivity contribution is 0.350. The minimum Gasteiger partial charge on any atom is -0.495 e. The molecule has 0 amide bonds. The second-order valence-electron chi connectivity index (χ2n) is 3.70. The minimum absolute atomic E-state index is 0.383. The number of ether oxygens (including phenoxy) is 3. The molecular weight excluding hydrogens is 270 g/mol. The number of anilines is 1. The van der Waals surface area contributed by atoms with Crippen molar-refractivity contribution >= 4 is 17.4 Å². The number of hydrogen-bond acceptors (Lipinski definition) is 5. The molecule has 102 valence electrons. The molecule has 1 heterocycles. The van der Waals surface area contributed by atoms with E-state index in [0.29, 0.717) is 39.2 Å². The van der Waals surface area contributed by atoms with Crippen molar-refractivity contribution < 1.29 is 14.2 Å². The third-order valence-corrected chi connectivity index (χ3v) is 3.11. The molecule has 0 aliphatic heterocycles. The van der Waals surface area contributed by atoms with Gasteiger partial charge in [-0.15, -0.1) is 0 Å². The number of aromatic nitrogens is 2. The van der Waals surface area contributed by atoms with E-state index in [1.807, 2.05) is 0 Å². The van der Waals surface area contributed by atoms with Gasteiger partial charge in [0.05, 0.1) is 38.1 Å². The van der Waals surface area contributed by atoms with Crippen molar-refractivity contribution in [2.45, 2.75) is 0 Å². The van der Waals surface area contributed by atoms with Gasteiger partial charge in [0.2, 0.25) is 0 Å². The molecular formula is C12H14ClN3O3. The van der Waals surface area contributed by atoms with Crippen molar-refractivity contribution in [1.82, 2.24) is 10.2 Å². The lowest BCUT2D eigenvalue weighted by Crippen LogP contribution is -1.98. The zero-order chi connectivity index (χ0) is 14.0. The Morgan fingerprint density at radius 1 is 1.16 bits per heavy atom. The van der Waals surface area contributed by atoms with E-state index in [4.69, 9.17) is 31.5 Å². The maximum atomic E-state index is 6.33. The first kappa shape index (κ1) is 13.4. The lowest BCUT2D eigenvalue weighted by atomic mass is 10.1. The summed E-state index contributed by atoms with van der Waals surface area (Å²) < 4.78 is 15.9. The molecule has 19 heavy (non-hydrogen) atoms. The fourth-order valence-corrected chi connectivity index (χ4v) is 2.15. The molecule has 0 aliphatic rings. The molecule has 2 aromatic rings. The third kappa shape index (κ3) is 2.15. The first-order valence-corrected chi connectivity index (χ1v) is 5.79. The fraction of sp³-hybridized carbons (Fsp3) is 0.250. The molecule has 0 saturated heterocycles. The van der Waals surface area contributed by atoms with Crippen LogP contribution in [0, 0.1) is 0 Å². The Balaban J connectivity index is 2.79. The second-order valence-corrected chi connectivity index (χ2v) is 4.08. The summed E-state index contributed by atoms with van der Waals surface area (Å²) in [6.45, 7) is 0. The largest absolute Gasteiger partial charge is 0.495 e. The average Bonchev–Trinajstić information content (AvgIpc) is 2.84. The van der Waals surface area contributed by atoms with Gasteiger partial charge in [-0.1, -0.05) is 11.6 Å². The van der Waals surface area contributed by atoms with Crippen molar-refractivity contribution in [2.75, 3.05) is 27.1 Å². The molecule has 1 aromatic heterocycles. The summed E-state index contributed by atoms with van der Waals surface area (Å²) in [7, 11) is 4.59. The lowest BCUT2D eigenvalue weighted by Gasteiger charge is -2.16. The van der Waals surface area contributed by atoms with Gasteiger partial charge in [-0.2, -0.15) is 5.10 Å². The number of rotatable bonds is 4. The van der Waals surface area contributed by atoms with Crippen molar-refractivity contribution in [3.63, 3.8) is 0 Å². The number of halogens is 1. The zero-order valence-corrected chi connectivity index (χ0v) is 11.5. The van der Waals surface area contributed by atoms with Crippen molar-refractivity contribution in [3.8, 4) is 28.4 Å². The molecule has 0 saturated carbocycles. The minimum atomic E-state index is 0.383. The van der Waals surface area contributed by atoms with Crippen LogP contribution < -0.4 is 19.9 Å². The smallest absolute Gasteiger partial charge is 0.170 e. The van der Waals surface area contributed by atoms with Crippen LogP contribution in [0.3, 0.4) is 0 Å². The maximum Gasteiger partial charge on any atom is 0.170 e. The molecule has 0 aliphatic carbocycles. The van der Waals surface area contributed by atoms with Gasteiger partial charge in [0, 0.05) is 11.6 Å². The predicted molar refractivity (Wildman–Crippen MR) is 73.1 cm³/mol. The summed E-state index contributed by atoms with van der Waals surface area (Å²) in [5.41, 5.74) is 7.03. The van der Waals surface area contributed by atoms with Crippen LogP contribution in [0.15, 0.2) is 12.3 Å². The number of nitrogens with zero attached hydrogens (tertiary/aromatic N) is 1. The highest BCUT2D eigenvalue weighted by atomic mass is 35.5. The van der Waals surface area contributed by atoms with Gasteiger partial charge in [0.15, 0.2) is 11.5 Å². The number of nitrogens with two attached hydrogens (primary N) is 1. The van der Waals surface area contributed by atoms with Crippen molar-refractivity contribution in [3.05, 3.63) is 17.3 Å². The van der Waals surface area contributed by atoms with E-state index in [9.17, 15) is 0 Å². The van der Waals surface area contributed by atoms with Crippen LogP contribution >= 0.6 is 11.6 Å². The number of hydrogen-bond donors (Lipinski definition) is 2. The van der Waals surface area contributed by atoms with Gasteiger partial charge in [0.25, 0.3) is 0 Å². The first-order valence-electron chi connectivity index (χ1n) is 5.41. The van der Waals surface area contributed by atoms with Crippen LogP contribution in [-0.4, -0.2) is 31.5 Å². The van der Waals surface area contributed by atoms with Gasteiger partial charge < -0.3 is 19.9 Å². The Kier molecular flexibility index (Phi) is 3.71. The van der Waals surface area contributed by atoms with E-state index in [-0.39, 0.29) is 0 Å². The Hall–Kier alpha value is -2.08. The van der Waals surface area contributed by atoms with Crippen LogP contribution in [0.5, 0.6) is 17.2 Å². The molecule has 7 heteroatoms. The summed E-state index contributed by atoms with van der Waals surface area (Å²) in [6, 6.07) is 1.65. The fourth-order valence-electron chi connectivity index (χ4n) is 1.83. The topological polar surface area (TPSA) is 82.4 Å². The normalized spacial score (nSPS) is 10.3. The molecule has 0 unspecified atom stereocenters. The number of nitrogen functional groups attached to an aromatic ring is 1. The van der Waals surface area contributed by atoms with E-state index in [1.54, 1.807) is 12.3 Å². The molecule has 0 atom stereocenters. The zero-order valence-electron chi connectivity index (χ0n) is 10.8. The van der Waals surface area contributed by atoms with Gasteiger partial charge in [-0.05, 0) is 0 Å². The van der Waals surface area contributed by atoms with E-state index >= 15 is 0 Å². The van der Waals surface area contributed by atoms with Crippen LogP contribution in [0.25, 0.3) is 11.1 Å². The molecule has 6 nitrogen and oxygen atoms in total. The van der Waals surface area contributed by atoms with Crippen LogP contribution in [0.1, 0.15) is 0 Å². The van der Waals surface area contributed by atoms with Gasteiger partial charge in [0.1, 0.15) is 11.6 Å². The molecule has 0 fully saturated rings. The van der Waals surface area contributed by atoms with Crippen LogP contribution in [0.4, 0.5) is 5.82 Å². The molecule has 1 aromatic carbocycles. The highest BCUT2D eigenvalue weighted by Crippen LogP contribution is 2.48. The van der Waals surface area contributed by atoms with E-state index in [1.165, 1.54) is 21.3 Å². The van der Waals surface area contributed by atoms with Crippen molar-refractivity contribution in [2.24, 2.45) is 0 Å². The van der Waals surface area contributed by atoms with E-state index in [0.717, 1.165) is 0 Å². The summed E-state index contributed by atoms with van der Waals surface area (Å²) in [5, 5.41) is 6.91. The maximum absolute atomic E-state index is 6.33. The molecule has 0 spiro atoms. The highest BCUT2D eigenvalue weighted by molar-refractivity contribution is 6.35. The molecule has 0 radical (unpaired) electrons. The standard InChI is InChI=1S/C12H14ClN3O3/c1-17-7-4-8(18-2)11(19-3)9(10(7)13)6-5-15-16-12(6)14/h4-5H,1-3H3,(H3,14,15,16).